The first kappa shape index (κ1) is 25.4. The summed E-state index contributed by atoms with van der Waals surface area (Å²) in [7, 11) is 0. The molecule has 0 radical (unpaired) electrons. The van der Waals surface area contributed by atoms with Crippen LogP contribution in [-0.4, -0.2) is 58.9 Å². The summed E-state index contributed by atoms with van der Waals surface area (Å²) in [5.74, 6) is -2.22. The summed E-state index contributed by atoms with van der Waals surface area (Å²) in [5.41, 5.74) is 11.1. The van der Waals surface area contributed by atoms with Crippen LogP contribution >= 0.6 is 11.3 Å². The summed E-state index contributed by atoms with van der Waals surface area (Å²) in [6.45, 7) is -0.0874. The highest BCUT2D eigenvalue weighted by molar-refractivity contribution is 7.19. The lowest BCUT2D eigenvalue weighted by molar-refractivity contribution is 0.0963. The standard InChI is InChI=1S/C21H24F4N6O2S/c22-11-3-4-14(23)13(8-11)21-30-17(18(27)34-21)20(33)29-15(9-26)19(28-10-16(24)25)31-6-1-2-12(32)5-7-31/h3-4,8-9,12,16,32H,1-2,5-7,10,26-27H2,(H,29,33)/b15-9+,28-19?. The number of anilines is 1. The van der Waals surface area contributed by atoms with Crippen molar-refractivity contribution in [2.24, 2.45) is 10.7 Å². The predicted octanol–water partition coefficient (Wildman–Crippen LogP) is 2.71. The van der Waals surface area contributed by atoms with Gasteiger partial charge in [-0.25, -0.2) is 22.5 Å². The van der Waals surface area contributed by atoms with Crippen LogP contribution in [0.5, 0.6) is 0 Å². The highest BCUT2D eigenvalue weighted by Gasteiger charge is 2.25. The highest BCUT2D eigenvalue weighted by Crippen LogP contribution is 2.32. The summed E-state index contributed by atoms with van der Waals surface area (Å²) < 4.78 is 53.5. The van der Waals surface area contributed by atoms with E-state index in [1.165, 1.54) is 0 Å². The average molecular weight is 501 g/mol. The molecule has 1 aromatic heterocycles. The number of nitrogens with one attached hydrogen (secondary N) is 1. The Kier molecular flexibility index (Phi) is 8.45. The lowest BCUT2D eigenvalue weighted by Gasteiger charge is -2.26. The normalized spacial score (nSPS) is 17.7. The molecule has 1 aliphatic rings. The van der Waals surface area contributed by atoms with E-state index in [0.717, 1.165) is 35.7 Å². The summed E-state index contributed by atoms with van der Waals surface area (Å²) >= 11 is 0.788. The van der Waals surface area contributed by atoms with Crippen molar-refractivity contribution in [3.63, 3.8) is 0 Å². The number of nitrogens with two attached hydrogens (primary N) is 2. The molecule has 1 atom stereocenters. The molecule has 6 N–H and O–H groups in total. The van der Waals surface area contributed by atoms with Gasteiger partial charge in [-0.05, 0) is 37.5 Å². The number of likely N-dealkylation sites (tertiary alicyclic amines) is 1. The molecule has 0 bridgehead atoms. The molecule has 0 saturated carbocycles. The van der Waals surface area contributed by atoms with Crippen molar-refractivity contribution in [2.75, 3.05) is 25.4 Å². The molecular formula is C21H24F4N6O2S. The molecule has 1 fully saturated rings. The Hall–Kier alpha value is -3.19. The first-order chi connectivity index (χ1) is 16.2. The van der Waals surface area contributed by atoms with E-state index < -0.39 is 36.6 Å². The number of aliphatic hydroxyl groups excluding tert-OH is 1. The quantitative estimate of drug-likeness (QED) is 0.274. The molecule has 2 aromatic rings. The van der Waals surface area contributed by atoms with E-state index in [1.54, 1.807) is 4.90 Å². The fraction of sp³-hybridized carbons (Fsp3) is 0.381. The van der Waals surface area contributed by atoms with Gasteiger partial charge in [0.1, 0.15) is 34.0 Å². The number of halogens is 4. The lowest BCUT2D eigenvalue weighted by Crippen LogP contribution is -2.40. The second kappa shape index (κ2) is 11.3. The van der Waals surface area contributed by atoms with Crippen LogP contribution in [0.2, 0.25) is 0 Å². The van der Waals surface area contributed by atoms with Crippen LogP contribution in [0.15, 0.2) is 35.1 Å². The summed E-state index contributed by atoms with van der Waals surface area (Å²) in [5, 5.41) is 12.3. The van der Waals surface area contributed by atoms with E-state index in [0.29, 0.717) is 32.4 Å². The number of aliphatic hydroxyl groups is 1. The van der Waals surface area contributed by atoms with E-state index in [4.69, 9.17) is 11.5 Å². The molecular weight excluding hydrogens is 476 g/mol. The second-order valence-electron chi connectivity index (χ2n) is 7.52. The number of nitrogens with zero attached hydrogens (tertiary/aromatic N) is 3. The average Bonchev–Trinajstić information content (AvgIpc) is 3.05. The molecule has 1 amide bonds. The molecule has 2 heterocycles. The number of aliphatic imine (C=N–C) groups is 1. The van der Waals surface area contributed by atoms with Crippen molar-refractivity contribution in [1.82, 2.24) is 15.2 Å². The van der Waals surface area contributed by atoms with Gasteiger partial charge in [-0.1, -0.05) is 11.3 Å². The number of thiazole rings is 1. The Labute approximate surface area is 197 Å². The molecule has 0 aliphatic carbocycles. The number of nitrogen functional groups attached to an aromatic ring is 1. The Morgan fingerprint density at radius 1 is 1.35 bits per heavy atom. The molecule has 1 unspecified atom stereocenters. The van der Waals surface area contributed by atoms with Gasteiger partial charge >= 0.3 is 0 Å². The van der Waals surface area contributed by atoms with E-state index in [-0.39, 0.29) is 32.8 Å². The topological polar surface area (TPSA) is 130 Å². The van der Waals surface area contributed by atoms with Gasteiger partial charge in [0.05, 0.1) is 11.8 Å². The van der Waals surface area contributed by atoms with Crippen molar-refractivity contribution in [2.45, 2.75) is 31.8 Å². The maximum Gasteiger partial charge on any atom is 0.277 e. The maximum absolute atomic E-state index is 14.1. The fourth-order valence-corrected chi connectivity index (χ4v) is 4.27. The van der Waals surface area contributed by atoms with Crippen LogP contribution < -0.4 is 16.8 Å². The van der Waals surface area contributed by atoms with Gasteiger partial charge in [-0.15, -0.1) is 0 Å². The van der Waals surface area contributed by atoms with Gasteiger partial charge in [-0.2, -0.15) is 0 Å². The van der Waals surface area contributed by atoms with Gasteiger partial charge in [0.15, 0.2) is 5.69 Å². The summed E-state index contributed by atoms with van der Waals surface area (Å²) in [6, 6.07) is 2.81. The van der Waals surface area contributed by atoms with Gasteiger partial charge in [-0.3, -0.25) is 9.79 Å². The van der Waals surface area contributed by atoms with Crippen molar-refractivity contribution < 1.29 is 27.5 Å². The van der Waals surface area contributed by atoms with E-state index in [9.17, 15) is 27.5 Å². The van der Waals surface area contributed by atoms with Crippen LogP contribution in [0.4, 0.5) is 22.6 Å². The number of alkyl halides is 2. The van der Waals surface area contributed by atoms with E-state index in [2.05, 4.69) is 15.3 Å². The van der Waals surface area contributed by atoms with Crippen molar-refractivity contribution in [3.8, 4) is 10.6 Å². The SMILES string of the molecule is N/C=C(/NC(=O)c1nc(-c2cc(F)ccc2F)sc1N)C(=NCC(F)F)N1CCCC(O)CC1. The van der Waals surface area contributed by atoms with Crippen LogP contribution in [0.25, 0.3) is 10.6 Å². The van der Waals surface area contributed by atoms with Crippen LogP contribution in [-0.2, 0) is 0 Å². The Morgan fingerprint density at radius 2 is 2.12 bits per heavy atom. The minimum absolute atomic E-state index is 0.00831. The minimum atomic E-state index is -2.72. The van der Waals surface area contributed by atoms with E-state index in [1.807, 2.05) is 0 Å². The minimum Gasteiger partial charge on any atom is -0.403 e. The molecule has 184 valence electrons. The van der Waals surface area contributed by atoms with Crippen LogP contribution in [0.3, 0.4) is 0 Å². The molecule has 8 nitrogen and oxygen atoms in total. The zero-order valence-electron chi connectivity index (χ0n) is 18.0. The monoisotopic (exact) mass is 500 g/mol. The number of hydrogen-bond acceptors (Lipinski definition) is 7. The van der Waals surface area contributed by atoms with Crippen LogP contribution in [0.1, 0.15) is 29.8 Å². The highest BCUT2D eigenvalue weighted by atomic mass is 32.1. The second-order valence-corrected chi connectivity index (χ2v) is 8.55. The molecule has 1 aromatic carbocycles. The number of amidine groups is 1. The number of carbonyl (C=O) groups is 1. The van der Waals surface area contributed by atoms with Gasteiger partial charge in [0, 0.05) is 24.9 Å². The fourth-order valence-electron chi connectivity index (χ4n) is 3.43. The predicted molar refractivity (Wildman–Crippen MR) is 121 cm³/mol. The third kappa shape index (κ3) is 6.23. The van der Waals surface area contributed by atoms with Gasteiger partial charge in [0.2, 0.25) is 0 Å². The molecule has 1 aliphatic heterocycles. The number of benzene rings is 1. The first-order valence-electron chi connectivity index (χ1n) is 10.4. The van der Waals surface area contributed by atoms with E-state index >= 15 is 0 Å². The largest absolute Gasteiger partial charge is 0.403 e. The summed E-state index contributed by atoms with van der Waals surface area (Å²) in [6.07, 6.45) is -0.720. The molecule has 0 spiro atoms. The number of aromatic nitrogens is 1. The Balaban J connectivity index is 1.86. The third-order valence-electron chi connectivity index (χ3n) is 5.06. The lowest BCUT2D eigenvalue weighted by atomic mass is 10.2. The third-order valence-corrected chi connectivity index (χ3v) is 5.98. The number of rotatable bonds is 6. The molecule has 1 saturated heterocycles. The zero-order chi connectivity index (χ0) is 24.8. The Bertz CT molecular complexity index is 1090. The molecule has 3 rings (SSSR count). The van der Waals surface area contributed by atoms with Gasteiger partial charge in [0.25, 0.3) is 12.3 Å². The Morgan fingerprint density at radius 3 is 2.82 bits per heavy atom. The van der Waals surface area contributed by atoms with Crippen molar-refractivity contribution in [1.29, 1.82) is 0 Å². The van der Waals surface area contributed by atoms with Crippen molar-refractivity contribution in [3.05, 3.63) is 47.4 Å². The smallest absolute Gasteiger partial charge is 0.277 e. The summed E-state index contributed by atoms with van der Waals surface area (Å²) in [4.78, 5) is 22.5. The van der Waals surface area contributed by atoms with Crippen molar-refractivity contribution >= 4 is 28.1 Å². The first-order valence-corrected chi connectivity index (χ1v) is 11.2. The van der Waals surface area contributed by atoms with Crippen LogP contribution in [0, 0.1) is 11.6 Å². The maximum atomic E-state index is 14.1. The number of amides is 1. The van der Waals surface area contributed by atoms with Gasteiger partial charge < -0.3 is 26.8 Å². The molecule has 13 heteroatoms. The molecule has 34 heavy (non-hydrogen) atoms. The number of carbonyl (C=O) groups excluding carboxylic acids is 1. The zero-order valence-corrected chi connectivity index (χ0v) is 18.8. The number of hydrogen-bond donors (Lipinski definition) is 4.